The molecule has 7 heteroatoms. The van der Waals surface area contributed by atoms with E-state index in [2.05, 4.69) is 38.6 Å². The van der Waals surface area contributed by atoms with Crippen molar-refractivity contribution in [3.8, 4) is 22.5 Å². The number of oxime groups is 1. The molecule has 1 fully saturated rings. The van der Waals surface area contributed by atoms with Crippen LogP contribution < -0.4 is 5.32 Å². The van der Waals surface area contributed by atoms with Crippen LogP contribution in [0.4, 0.5) is 0 Å². The number of nitrogens with one attached hydrogen (secondary N) is 1. The van der Waals surface area contributed by atoms with Gasteiger partial charge in [-0.3, -0.25) is 9.88 Å². The minimum Gasteiger partial charge on any atom is -0.459 e. The quantitative estimate of drug-likeness (QED) is 0.338. The molecule has 0 atom stereocenters. The Labute approximate surface area is 187 Å². The summed E-state index contributed by atoms with van der Waals surface area (Å²) in [5, 5.41) is 16.2. The Hall–Kier alpha value is -3.00. The summed E-state index contributed by atoms with van der Waals surface area (Å²) in [7, 11) is 0. The Morgan fingerprint density at radius 1 is 1.00 bits per heavy atom. The van der Waals surface area contributed by atoms with Gasteiger partial charge in [-0.25, -0.2) is 0 Å². The standard InChI is InChI=1S/C25H28N4O3/c30-28-24-4-2-19-15-20(1-3-22(19)24)25-23(18-5-7-26-8-6-18)16-21(32-25)17-27-9-10-29-11-13-31-14-12-29/h1,3,5-8,15-16,27,30H,2,4,9-14,17H2/b28-24+. The molecule has 0 bridgehead atoms. The molecule has 166 valence electrons. The van der Waals surface area contributed by atoms with Crippen LogP contribution in [0.25, 0.3) is 22.5 Å². The molecule has 2 aromatic heterocycles. The van der Waals surface area contributed by atoms with E-state index in [0.29, 0.717) is 6.54 Å². The van der Waals surface area contributed by atoms with Gasteiger partial charge >= 0.3 is 0 Å². The molecule has 0 saturated carbocycles. The van der Waals surface area contributed by atoms with Gasteiger partial charge in [-0.05, 0) is 48.2 Å². The highest BCUT2D eigenvalue weighted by atomic mass is 16.5. The number of pyridine rings is 1. The molecule has 3 heterocycles. The molecule has 0 amide bonds. The maximum Gasteiger partial charge on any atom is 0.142 e. The molecule has 1 aromatic carbocycles. The Kier molecular flexibility index (Phi) is 6.29. The van der Waals surface area contributed by atoms with E-state index in [1.165, 1.54) is 5.56 Å². The number of nitrogens with zero attached hydrogens (tertiary/aromatic N) is 3. The van der Waals surface area contributed by atoms with Crippen LogP contribution in [-0.2, 0) is 17.7 Å². The molecule has 1 aliphatic carbocycles. The number of ether oxygens (including phenoxy) is 1. The molecular weight excluding hydrogens is 404 g/mol. The molecule has 0 spiro atoms. The van der Waals surface area contributed by atoms with E-state index in [-0.39, 0.29) is 0 Å². The number of hydrogen-bond donors (Lipinski definition) is 2. The number of furan rings is 1. The third-order valence-corrected chi connectivity index (χ3v) is 6.21. The van der Waals surface area contributed by atoms with Crippen LogP contribution in [0.5, 0.6) is 0 Å². The third-order valence-electron chi connectivity index (χ3n) is 6.21. The molecular formula is C25H28N4O3. The van der Waals surface area contributed by atoms with Crippen molar-refractivity contribution in [1.82, 2.24) is 15.2 Å². The van der Waals surface area contributed by atoms with Gasteiger partial charge in [0.15, 0.2) is 0 Å². The molecule has 0 radical (unpaired) electrons. The van der Waals surface area contributed by atoms with Gasteiger partial charge in [-0.1, -0.05) is 17.3 Å². The van der Waals surface area contributed by atoms with Crippen molar-refractivity contribution in [2.75, 3.05) is 39.4 Å². The van der Waals surface area contributed by atoms with Gasteiger partial charge in [-0.15, -0.1) is 0 Å². The largest absolute Gasteiger partial charge is 0.459 e. The van der Waals surface area contributed by atoms with Crippen LogP contribution in [0.1, 0.15) is 23.3 Å². The van der Waals surface area contributed by atoms with E-state index in [1.807, 2.05) is 18.2 Å². The molecule has 2 N–H and O–H groups in total. The molecule has 5 rings (SSSR count). The summed E-state index contributed by atoms with van der Waals surface area (Å²) in [6, 6.07) is 12.4. The number of benzene rings is 1. The predicted molar refractivity (Wildman–Crippen MR) is 123 cm³/mol. The van der Waals surface area contributed by atoms with Gasteiger partial charge in [0.1, 0.15) is 11.5 Å². The van der Waals surface area contributed by atoms with Gasteiger partial charge in [0.05, 0.1) is 25.5 Å². The van der Waals surface area contributed by atoms with Gasteiger partial charge < -0.3 is 19.7 Å². The highest BCUT2D eigenvalue weighted by molar-refractivity contribution is 6.04. The first-order valence-corrected chi connectivity index (χ1v) is 11.2. The van der Waals surface area contributed by atoms with Gasteiger partial charge in [0.2, 0.25) is 0 Å². The number of hydrogen-bond acceptors (Lipinski definition) is 7. The lowest BCUT2D eigenvalue weighted by atomic mass is 9.99. The monoisotopic (exact) mass is 432 g/mol. The van der Waals surface area contributed by atoms with E-state index in [1.54, 1.807) is 12.4 Å². The third kappa shape index (κ3) is 4.46. The van der Waals surface area contributed by atoms with E-state index in [9.17, 15) is 5.21 Å². The lowest BCUT2D eigenvalue weighted by Crippen LogP contribution is -2.40. The van der Waals surface area contributed by atoms with Crippen molar-refractivity contribution < 1.29 is 14.4 Å². The second kappa shape index (κ2) is 9.65. The number of morpholine rings is 1. The first-order valence-electron chi connectivity index (χ1n) is 11.2. The molecule has 0 unspecified atom stereocenters. The van der Waals surface area contributed by atoms with Crippen LogP contribution in [-0.4, -0.2) is 60.2 Å². The van der Waals surface area contributed by atoms with Crippen molar-refractivity contribution in [1.29, 1.82) is 0 Å². The van der Waals surface area contributed by atoms with Gasteiger partial charge in [0, 0.05) is 55.3 Å². The Morgan fingerprint density at radius 3 is 2.66 bits per heavy atom. The number of fused-ring (bicyclic) bond motifs is 1. The number of aromatic nitrogens is 1. The molecule has 1 aliphatic heterocycles. The van der Waals surface area contributed by atoms with E-state index in [0.717, 1.165) is 91.7 Å². The van der Waals surface area contributed by atoms with E-state index >= 15 is 0 Å². The molecule has 7 nitrogen and oxygen atoms in total. The van der Waals surface area contributed by atoms with E-state index < -0.39 is 0 Å². The fourth-order valence-electron chi connectivity index (χ4n) is 4.48. The second-order valence-corrected chi connectivity index (χ2v) is 8.24. The zero-order chi connectivity index (χ0) is 21.8. The lowest BCUT2D eigenvalue weighted by molar-refractivity contribution is 0.0383. The zero-order valence-corrected chi connectivity index (χ0v) is 18.1. The van der Waals surface area contributed by atoms with Crippen LogP contribution in [0.3, 0.4) is 0 Å². The van der Waals surface area contributed by atoms with Gasteiger partial charge in [-0.2, -0.15) is 0 Å². The zero-order valence-electron chi connectivity index (χ0n) is 18.1. The molecule has 3 aromatic rings. The number of aryl methyl sites for hydroxylation is 1. The predicted octanol–water partition coefficient (Wildman–Crippen LogP) is 3.55. The van der Waals surface area contributed by atoms with Crippen molar-refractivity contribution in [3.63, 3.8) is 0 Å². The average Bonchev–Trinajstić information content (AvgIpc) is 3.47. The summed E-state index contributed by atoms with van der Waals surface area (Å²) in [5.41, 5.74) is 6.15. The first kappa shape index (κ1) is 20.9. The SMILES string of the molecule is O/N=C1\CCc2cc(-c3oc(CNCCN4CCOCC4)cc3-c3ccncc3)ccc21. The fourth-order valence-corrected chi connectivity index (χ4v) is 4.48. The van der Waals surface area contributed by atoms with Gasteiger partial charge in [0.25, 0.3) is 0 Å². The van der Waals surface area contributed by atoms with E-state index in [4.69, 9.17) is 9.15 Å². The Morgan fingerprint density at radius 2 is 1.84 bits per heavy atom. The topological polar surface area (TPSA) is 83.1 Å². The Bertz CT molecular complexity index is 1090. The highest BCUT2D eigenvalue weighted by Crippen LogP contribution is 2.37. The van der Waals surface area contributed by atoms with Crippen molar-refractivity contribution in [2.45, 2.75) is 19.4 Å². The first-order chi connectivity index (χ1) is 15.8. The summed E-state index contributed by atoms with van der Waals surface area (Å²) < 4.78 is 11.8. The van der Waals surface area contributed by atoms with Crippen LogP contribution in [0.2, 0.25) is 0 Å². The smallest absolute Gasteiger partial charge is 0.142 e. The summed E-state index contributed by atoms with van der Waals surface area (Å²) in [4.78, 5) is 6.57. The normalized spacial score (nSPS) is 17.7. The summed E-state index contributed by atoms with van der Waals surface area (Å²) in [5.74, 6) is 1.77. The number of rotatable bonds is 7. The minimum absolute atomic E-state index is 0.675. The van der Waals surface area contributed by atoms with Crippen LogP contribution >= 0.6 is 0 Å². The van der Waals surface area contributed by atoms with Crippen molar-refractivity contribution in [3.05, 3.63) is 65.7 Å². The highest BCUT2D eigenvalue weighted by Gasteiger charge is 2.21. The second-order valence-electron chi connectivity index (χ2n) is 8.24. The average molecular weight is 433 g/mol. The molecule has 2 aliphatic rings. The summed E-state index contributed by atoms with van der Waals surface area (Å²) >= 11 is 0. The summed E-state index contributed by atoms with van der Waals surface area (Å²) in [6.45, 7) is 6.23. The molecule has 32 heavy (non-hydrogen) atoms. The maximum absolute atomic E-state index is 9.23. The van der Waals surface area contributed by atoms with Crippen molar-refractivity contribution >= 4 is 5.71 Å². The fraction of sp³-hybridized carbons (Fsp3) is 0.360. The lowest BCUT2D eigenvalue weighted by Gasteiger charge is -2.26. The van der Waals surface area contributed by atoms with Crippen LogP contribution in [0.15, 0.2) is 58.4 Å². The van der Waals surface area contributed by atoms with Crippen molar-refractivity contribution in [2.24, 2.45) is 5.16 Å². The molecule has 1 saturated heterocycles. The van der Waals surface area contributed by atoms with Crippen LogP contribution in [0, 0.1) is 0 Å². The maximum atomic E-state index is 9.23. The summed E-state index contributed by atoms with van der Waals surface area (Å²) in [6.07, 6.45) is 5.25. The minimum atomic E-state index is 0.675. The Balaban J connectivity index is 1.36.